The lowest BCUT2D eigenvalue weighted by molar-refractivity contribution is 0.447. The van der Waals surface area contributed by atoms with Crippen LogP contribution in [0.25, 0.3) is 0 Å². The van der Waals surface area contributed by atoms with Crippen molar-refractivity contribution >= 4 is 27.3 Å². The zero-order valence-corrected chi connectivity index (χ0v) is 19.7. The molecule has 29 heavy (non-hydrogen) atoms. The lowest BCUT2D eigenvalue weighted by Gasteiger charge is -2.16. The number of aromatic nitrogens is 2. The zero-order chi connectivity index (χ0) is 21.6. The maximum atomic E-state index is 12.6. The van der Waals surface area contributed by atoms with Gasteiger partial charge in [0.05, 0.1) is 5.69 Å². The molecule has 2 N–H and O–H groups in total. The van der Waals surface area contributed by atoms with Crippen LogP contribution in [-0.4, -0.2) is 55.1 Å². The van der Waals surface area contributed by atoms with Gasteiger partial charge in [-0.25, -0.2) is 8.42 Å². The van der Waals surface area contributed by atoms with Crippen LogP contribution < -0.4 is 10.6 Å². The van der Waals surface area contributed by atoms with Gasteiger partial charge in [-0.3, -0.25) is 9.67 Å². The zero-order valence-electron chi connectivity index (χ0n) is 18.1. The molecule has 162 valence electrons. The summed E-state index contributed by atoms with van der Waals surface area (Å²) in [6, 6.07) is 3.59. The number of sulfonamides is 1. The van der Waals surface area contributed by atoms with Crippen LogP contribution in [0, 0.1) is 13.8 Å². The Balaban J connectivity index is 1.90. The second-order valence-corrected chi connectivity index (χ2v) is 10.0. The number of aliphatic imine (C=N–C) groups is 1. The van der Waals surface area contributed by atoms with E-state index in [9.17, 15) is 8.42 Å². The summed E-state index contributed by atoms with van der Waals surface area (Å²) in [6.07, 6.45) is 0.726. The van der Waals surface area contributed by atoms with E-state index in [0.717, 1.165) is 22.7 Å². The lowest BCUT2D eigenvalue weighted by atomic mass is 10.2. The van der Waals surface area contributed by atoms with Crippen LogP contribution in [0.2, 0.25) is 0 Å². The largest absolute Gasteiger partial charge is 0.356 e. The fraction of sp³-hybridized carbons (Fsp3) is 0.579. The van der Waals surface area contributed by atoms with Crippen molar-refractivity contribution in [3.05, 3.63) is 34.0 Å². The maximum Gasteiger partial charge on any atom is 0.252 e. The Kier molecular flexibility index (Phi) is 8.23. The van der Waals surface area contributed by atoms with Crippen molar-refractivity contribution < 1.29 is 8.42 Å². The van der Waals surface area contributed by atoms with Crippen LogP contribution in [0.1, 0.15) is 35.7 Å². The predicted molar refractivity (Wildman–Crippen MR) is 119 cm³/mol. The summed E-state index contributed by atoms with van der Waals surface area (Å²) in [5.41, 5.74) is 3.31. The summed E-state index contributed by atoms with van der Waals surface area (Å²) in [7, 11) is 0.289. The fourth-order valence-corrected chi connectivity index (χ4v) is 6.06. The van der Waals surface area contributed by atoms with Gasteiger partial charge in [0.25, 0.3) is 10.0 Å². The van der Waals surface area contributed by atoms with E-state index >= 15 is 0 Å². The molecule has 0 radical (unpaired) electrons. The number of guanidine groups is 1. The molecule has 0 unspecified atom stereocenters. The summed E-state index contributed by atoms with van der Waals surface area (Å²) >= 11 is 1.33. The van der Waals surface area contributed by atoms with E-state index in [4.69, 9.17) is 0 Å². The predicted octanol–water partition coefficient (Wildman–Crippen LogP) is 2.04. The molecule has 10 heteroatoms. The van der Waals surface area contributed by atoms with Crippen molar-refractivity contribution in [1.29, 1.82) is 0 Å². The van der Waals surface area contributed by atoms with Gasteiger partial charge in [0.15, 0.2) is 5.96 Å². The van der Waals surface area contributed by atoms with E-state index in [0.29, 0.717) is 36.3 Å². The van der Waals surface area contributed by atoms with Gasteiger partial charge in [-0.15, -0.1) is 11.3 Å². The monoisotopic (exact) mass is 440 g/mol. The highest BCUT2D eigenvalue weighted by Gasteiger charge is 2.23. The van der Waals surface area contributed by atoms with Crippen LogP contribution in [0.4, 0.5) is 0 Å². The lowest BCUT2D eigenvalue weighted by Crippen LogP contribution is -2.38. The molecule has 0 saturated heterocycles. The Bertz CT molecular complexity index is 942. The van der Waals surface area contributed by atoms with Gasteiger partial charge in [0.1, 0.15) is 4.21 Å². The third-order valence-electron chi connectivity index (χ3n) is 4.92. The van der Waals surface area contributed by atoms with Gasteiger partial charge >= 0.3 is 0 Å². The van der Waals surface area contributed by atoms with Gasteiger partial charge < -0.3 is 10.6 Å². The first-order valence-corrected chi connectivity index (χ1v) is 12.0. The first-order valence-electron chi connectivity index (χ1n) is 9.77. The number of hydrogen-bond donors (Lipinski definition) is 2. The molecular weight excluding hydrogens is 408 g/mol. The van der Waals surface area contributed by atoms with Crippen LogP contribution >= 0.6 is 11.3 Å². The van der Waals surface area contributed by atoms with Crippen molar-refractivity contribution in [2.75, 3.05) is 26.7 Å². The number of nitrogens with zero attached hydrogens (tertiary/aromatic N) is 4. The molecule has 0 fully saturated rings. The number of hydrogen-bond acceptors (Lipinski definition) is 5. The Hall–Kier alpha value is -1.91. The van der Waals surface area contributed by atoms with E-state index < -0.39 is 10.0 Å². The summed E-state index contributed by atoms with van der Waals surface area (Å²) < 4.78 is 29.0. The first kappa shape index (κ1) is 23.4. The van der Waals surface area contributed by atoms with E-state index in [2.05, 4.69) is 20.7 Å². The van der Waals surface area contributed by atoms with Crippen molar-refractivity contribution in [2.24, 2.45) is 12.0 Å². The molecule has 2 heterocycles. The van der Waals surface area contributed by atoms with E-state index in [1.54, 1.807) is 13.1 Å². The number of aryl methyl sites for hydroxylation is 2. The standard InChI is InChI=1S/C19H32N6O2S2/c1-7-25(8-2)29(26,27)18-10-9-16(28-18)11-12-21-19(20-5)22-13-17-14(3)23-24(6)15(17)4/h9-10H,7-8,11-13H2,1-6H3,(H2,20,21,22). The van der Waals surface area contributed by atoms with Crippen LogP contribution in [0.5, 0.6) is 0 Å². The van der Waals surface area contributed by atoms with Crippen LogP contribution in [-0.2, 0) is 30.0 Å². The van der Waals surface area contributed by atoms with Crippen LogP contribution in [0.3, 0.4) is 0 Å². The quantitative estimate of drug-likeness (QED) is 0.460. The van der Waals surface area contributed by atoms with Gasteiger partial charge in [0.2, 0.25) is 0 Å². The molecule has 8 nitrogen and oxygen atoms in total. The molecule has 0 aromatic carbocycles. The van der Waals surface area contributed by atoms with E-state index in [-0.39, 0.29) is 0 Å². The summed E-state index contributed by atoms with van der Waals surface area (Å²) in [6.45, 7) is 10.0. The summed E-state index contributed by atoms with van der Waals surface area (Å²) in [5.74, 6) is 0.709. The SMILES string of the molecule is CCN(CC)S(=O)(=O)c1ccc(CCNC(=NC)NCc2c(C)nn(C)c2C)s1. The number of thiophene rings is 1. The molecule has 0 aliphatic carbocycles. The molecular formula is C19H32N6O2S2. The minimum atomic E-state index is -3.38. The van der Waals surface area contributed by atoms with Gasteiger partial charge in [0, 0.05) is 56.4 Å². The smallest absolute Gasteiger partial charge is 0.252 e. The minimum Gasteiger partial charge on any atom is -0.356 e. The highest BCUT2D eigenvalue weighted by molar-refractivity contribution is 7.91. The van der Waals surface area contributed by atoms with Gasteiger partial charge in [-0.1, -0.05) is 13.8 Å². The fourth-order valence-electron chi connectivity index (χ4n) is 3.09. The molecule has 0 aliphatic heterocycles. The molecule has 0 aliphatic rings. The summed E-state index contributed by atoms with van der Waals surface area (Å²) in [4.78, 5) is 5.28. The minimum absolute atomic E-state index is 0.404. The Morgan fingerprint density at radius 1 is 1.24 bits per heavy atom. The molecule has 0 bridgehead atoms. The topological polar surface area (TPSA) is 91.6 Å². The normalized spacial score (nSPS) is 12.6. The highest BCUT2D eigenvalue weighted by atomic mass is 32.2. The number of rotatable bonds is 9. The van der Waals surface area contributed by atoms with Crippen molar-refractivity contribution in [1.82, 2.24) is 24.7 Å². The molecule has 0 atom stereocenters. The number of nitrogens with one attached hydrogen (secondary N) is 2. The summed E-state index contributed by atoms with van der Waals surface area (Å²) in [5, 5.41) is 11.0. The molecule has 0 spiro atoms. The maximum absolute atomic E-state index is 12.6. The van der Waals surface area contributed by atoms with Gasteiger partial charge in [-0.2, -0.15) is 9.40 Å². The first-order chi connectivity index (χ1) is 13.7. The average molecular weight is 441 g/mol. The molecule has 2 aromatic rings. The van der Waals surface area contributed by atoms with E-state index in [1.165, 1.54) is 21.2 Å². The third-order valence-corrected chi connectivity index (χ3v) is 8.58. The second-order valence-electron chi connectivity index (χ2n) is 6.69. The average Bonchev–Trinajstić information content (AvgIpc) is 3.25. The Morgan fingerprint density at radius 3 is 2.48 bits per heavy atom. The Labute approximate surface area is 178 Å². The van der Waals surface area contributed by atoms with Crippen molar-refractivity contribution in [3.8, 4) is 0 Å². The second kappa shape index (κ2) is 10.2. The van der Waals surface area contributed by atoms with Crippen molar-refractivity contribution in [3.63, 3.8) is 0 Å². The molecule has 0 amide bonds. The van der Waals surface area contributed by atoms with Gasteiger partial charge in [-0.05, 0) is 32.4 Å². The van der Waals surface area contributed by atoms with E-state index in [1.807, 2.05) is 45.5 Å². The molecule has 2 aromatic heterocycles. The third kappa shape index (κ3) is 5.58. The Morgan fingerprint density at radius 2 is 1.93 bits per heavy atom. The highest BCUT2D eigenvalue weighted by Crippen LogP contribution is 2.25. The van der Waals surface area contributed by atoms with Crippen LogP contribution in [0.15, 0.2) is 21.3 Å². The molecule has 2 rings (SSSR count). The van der Waals surface area contributed by atoms with Crippen molar-refractivity contribution in [2.45, 2.75) is 44.9 Å². The molecule has 0 saturated carbocycles.